The number of rotatable bonds is 4. The van der Waals surface area contributed by atoms with Crippen LogP contribution in [-0.2, 0) is 4.74 Å². The van der Waals surface area contributed by atoms with Crippen LogP contribution in [0.3, 0.4) is 0 Å². The lowest BCUT2D eigenvalue weighted by molar-refractivity contribution is 0.102. The Bertz CT molecular complexity index is 684. The number of methoxy groups -OCH3 is 1. The van der Waals surface area contributed by atoms with Crippen LogP contribution in [0.1, 0.15) is 30.3 Å². The van der Waals surface area contributed by atoms with E-state index in [0.717, 1.165) is 36.6 Å². The molecule has 2 heterocycles. The van der Waals surface area contributed by atoms with Gasteiger partial charge >= 0.3 is 0 Å². The fourth-order valence-electron chi connectivity index (χ4n) is 2.22. The normalized spacial score (nSPS) is 18.4. The van der Waals surface area contributed by atoms with Crippen LogP contribution in [0.2, 0.25) is 0 Å². The van der Waals surface area contributed by atoms with Gasteiger partial charge in [-0.15, -0.1) is 0 Å². The van der Waals surface area contributed by atoms with Gasteiger partial charge in [0.05, 0.1) is 13.3 Å². The van der Waals surface area contributed by atoms with E-state index in [-0.39, 0.29) is 6.10 Å². The molecule has 0 saturated carbocycles. The molecule has 1 saturated heterocycles. The Balaban J connectivity index is 1.84. The molecule has 6 nitrogen and oxygen atoms in total. The number of aromatic nitrogens is 3. The molecule has 1 N–H and O–H groups in total. The standard InChI is InChI=1S/C14H16N4O2S/c1-19-11-6-4-10(5-7-11)9-15-18-13(16-17-14(18)21)12-3-2-8-20-12/h4-7,9,12H,2-3,8H2,1H3,(H,17,21)/b15-9-/t12-/m0/s1. The summed E-state index contributed by atoms with van der Waals surface area (Å²) in [5.74, 6) is 1.54. The number of ether oxygens (including phenoxy) is 2. The van der Waals surface area contributed by atoms with Crippen molar-refractivity contribution in [3.63, 3.8) is 0 Å². The molecular formula is C14H16N4O2S. The van der Waals surface area contributed by atoms with Gasteiger partial charge in [0.2, 0.25) is 4.77 Å². The second-order valence-electron chi connectivity index (χ2n) is 4.72. The fraction of sp³-hybridized carbons (Fsp3) is 0.357. The van der Waals surface area contributed by atoms with Crippen LogP contribution >= 0.6 is 12.2 Å². The lowest BCUT2D eigenvalue weighted by atomic mass is 10.2. The Kier molecular flexibility index (Phi) is 4.12. The zero-order chi connectivity index (χ0) is 14.7. The van der Waals surface area contributed by atoms with E-state index in [4.69, 9.17) is 21.7 Å². The molecule has 1 aromatic heterocycles. The summed E-state index contributed by atoms with van der Waals surface area (Å²) in [6, 6.07) is 7.63. The predicted molar refractivity (Wildman–Crippen MR) is 81.3 cm³/mol. The summed E-state index contributed by atoms with van der Waals surface area (Å²) in [4.78, 5) is 0. The maximum Gasteiger partial charge on any atom is 0.216 e. The smallest absolute Gasteiger partial charge is 0.216 e. The highest BCUT2D eigenvalue weighted by molar-refractivity contribution is 7.71. The van der Waals surface area contributed by atoms with Crippen molar-refractivity contribution in [3.05, 3.63) is 40.4 Å². The van der Waals surface area contributed by atoms with Crippen molar-refractivity contribution in [3.8, 4) is 5.75 Å². The van der Waals surface area contributed by atoms with Gasteiger partial charge in [0.1, 0.15) is 11.9 Å². The topological polar surface area (TPSA) is 64.4 Å². The van der Waals surface area contributed by atoms with Crippen molar-refractivity contribution in [1.29, 1.82) is 0 Å². The molecule has 0 aliphatic carbocycles. The Morgan fingerprint density at radius 2 is 2.29 bits per heavy atom. The number of hydrogen-bond acceptors (Lipinski definition) is 5. The highest BCUT2D eigenvalue weighted by atomic mass is 32.1. The Labute approximate surface area is 127 Å². The Morgan fingerprint density at radius 3 is 2.95 bits per heavy atom. The van der Waals surface area contributed by atoms with Crippen molar-refractivity contribution in [1.82, 2.24) is 14.9 Å². The van der Waals surface area contributed by atoms with Crippen molar-refractivity contribution in [2.75, 3.05) is 13.7 Å². The van der Waals surface area contributed by atoms with Gasteiger partial charge in [-0.2, -0.15) is 14.9 Å². The zero-order valence-corrected chi connectivity index (χ0v) is 12.5. The minimum Gasteiger partial charge on any atom is -0.497 e. The highest BCUT2D eigenvalue weighted by Gasteiger charge is 2.23. The minimum atomic E-state index is -0.0361. The first kappa shape index (κ1) is 14.0. The molecule has 0 spiro atoms. The summed E-state index contributed by atoms with van der Waals surface area (Å²) in [7, 11) is 1.64. The predicted octanol–water partition coefficient (Wildman–Crippen LogP) is 2.68. The minimum absolute atomic E-state index is 0.0361. The van der Waals surface area contributed by atoms with E-state index in [9.17, 15) is 0 Å². The molecule has 2 aromatic rings. The van der Waals surface area contributed by atoms with E-state index in [1.54, 1.807) is 18.0 Å². The van der Waals surface area contributed by atoms with Gasteiger partial charge in [-0.25, -0.2) is 0 Å². The molecule has 0 bridgehead atoms. The second kappa shape index (κ2) is 6.19. The average molecular weight is 304 g/mol. The lowest BCUT2D eigenvalue weighted by Gasteiger charge is -2.07. The summed E-state index contributed by atoms with van der Waals surface area (Å²) in [6.07, 6.45) is 3.68. The molecule has 7 heteroatoms. The summed E-state index contributed by atoms with van der Waals surface area (Å²) in [6.45, 7) is 0.756. The lowest BCUT2D eigenvalue weighted by Crippen LogP contribution is -2.05. The first-order valence-corrected chi connectivity index (χ1v) is 7.16. The summed E-state index contributed by atoms with van der Waals surface area (Å²) < 4.78 is 12.8. The van der Waals surface area contributed by atoms with Gasteiger partial charge in [0.15, 0.2) is 5.82 Å². The molecular weight excluding hydrogens is 288 g/mol. The van der Waals surface area contributed by atoms with Crippen LogP contribution < -0.4 is 4.74 Å². The molecule has 1 aromatic carbocycles. The van der Waals surface area contributed by atoms with Crippen LogP contribution in [0, 0.1) is 4.77 Å². The van der Waals surface area contributed by atoms with Crippen molar-refractivity contribution in [2.24, 2.45) is 5.10 Å². The van der Waals surface area contributed by atoms with E-state index < -0.39 is 0 Å². The SMILES string of the molecule is COc1ccc(/C=N\n2c([C@@H]3CCCO3)n[nH]c2=S)cc1. The van der Waals surface area contributed by atoms with E-state index in [1.165, 1.54) is 0 Å². The number of H-pyrrole nitrogens is 1. The third kappa shape index (κ3) is 3.03. The van der Waals surface area contributed by atoms with Crippen molar-refractivity contribution in [2.45, 2.75) is 18.9 Å². The second-order valence-corrected chi connectivity index (χ2v) is 5.10. The summed E-state index contributed by atoms with van der Waals surface area (Å²) in [5.41, 5.74) is 0.956. The average Bonchev–Trinajstić information content (AvgIpc) is 3.15. The third-order valence-corrected chi connectivity index (χ3v) is 3.60. The first-order valence-electron chi connectivity index (χ1n) is 6.75. The number of benzene rings is 1. The Hall–Kier alpha value is -1.99. The van der Waals surface area contributed by atoms with Crippen molar-refractivity contribution >= 4 is 18.4 Å². The molecule has 1 fully saturated rings. The maximum absolute atomic E-state index is 5.64. The van der Waals surface area contributed by atoms with E-state index in [1.807, 2.05) is 24.3 Å². The van der Waals surface area contributed by atoms with Gasteiger partial charge in [0.25, 0.3) is 0 Å². The largest absolute Gasteiger partial charge is 0.497 e. The molecule has 1 aliphatic heterocycles. The fourth-order valence-corrected chi connectivity index (χ4v) is 2.41. The van der Waals surface area contributed by atoms with Gasteiger partial charge in [-0.3, -0.25) is 5.10 Å². The zero-order valence-electron chi connectivity index (χ0n) is 11.7. The third-order valence-electron chi connectivity index (χ3n) is 3.33. The molecule has 3 rings (SSSR count). The number of nitrogens with one attached hydrogen (secondary N) is 1. The molecule has 0 amide bonds. The van der Waals surface area contributed by atoms with E-state index >= 15 is 0 Å². The molecule has 21 heavy (non-hydrogen) atoms. The molecule has 110 valence electrons. The molecule has 1 aliphatic rings. The van der Waals surface area contributed by atoms with Gasteiger partial charge in [0, 0.05) is 6.61 Å². The Morgan fingerprint density at radius 1 is 1.48 bits per heavy atom. The maximum atomic E-state index is 5.64. The summed E-state index contributed by atoms with van der Waals surface area (Å²) >= 11 is 5.22. The van der Waals surface area contributed by atoms with Crippen LogP contribution in [0.4, 0.5) is 0 Å². The van der Waals surface area contributed by atoms with Gasteiger partial charge < -0.3 is 9.47 Å². The van der Waals surface area contributed by atoms with Crippen LogP contribution in [0.15, 0.2) is 29.4 Å². The van der Waals surface area contributed by atoms with Crippen LogP contribution in [0.5, 0.6) is 5.75 Å². The molecule has 0 radical (unpaired) electrons. The molecule has 0 unspecified atom stereocenters. The van der Waals surface area contributed by atoms with E-state index in [2.05, 4.69) is 15.3 Å². The monoisotopic (exact) mass is 304 g/mol. The number of nitrogens with zero attached hydrogens (tertiary/aromatic N) is 3. The highest BCUT2D eigenvalue weighted by Crippen LogP contribution is 2.26. The van der Waals surface area contributed by atoms with Crippen LogP contribution in [0.25, 0.3) is 0 Å². The summed E-state index contributed by atoms with van der Waals surface area (Å²) in [5, 5.41) is 11.4. The van der Waals surface area contributed by atoms with Crippen molar-refractivity contribution < 1.29 is 9.47 Å². The number of aromatic amines is 1. The first-order chi connectivity index (χ1) is 10.3. The van der Waals surface area contributed by atoms with Gasteiger partial charge in [-0.1, -0.05) is 0 Å². The molecule has 1 atom stereocenters. The number of hydrogen-bond donors (Lipinski definition) is 1. The quantitative estimate of drug-likeness (QED) is 0.697. The van der Waals surface area contributed by atoms with Gasteiger partial charge in [-0.05, 0) is 54.9 Å². The van der Waals surface area contributed by atoms with Crippen LogP contribution in [-0.4, -0.2) is 34.8 Å². The van der Waals surface area contributed by atoms with E-state index in [0.29, 0.717) is 4.77 Å².